The molecule has 3 N–H and O–H groups in total. The fourth-order valence-electron chi connectivity index (χ4n) is 12.0. The Hall–Kier alpha value is -5.68. The van der Waals surface area contributed by atoms with Crippen LogP contribution in [0.5, 0.6) is 5.75 Å². The summed E-state index contributed by atoms with van der Waals surface area (Å²) in [7, 11) is 0. The van der Waals surface area contributed by atoms with Crippen molar-refractivity contribution in [2.45, 2.75) is 106 Å². The molecule has 2 aromatic carbocycles. The number of rotatable bonds is 19. The third kappa shape index (κ3) is 13.7. The number of piperazine rings is 2. The van der Waals surface area contributed by atoms with Gasteiger partial charge in [-0.1, -0.05) is 91.3 Å². The number of carbonyl (C=O) groups is 4. The first-order valence-electron chi connectivity index (χ1n) is 27.6. The van der Waals surface area contributed by atoms with E-state index in [0.29, 0.717) is 48.1 Å². The van der Waals surface area contributed by atoms with E-state index in [4.69, 9.17) is 26.1 Å². The van der Waals surface area contributed by atoms with Gasteiger partial charge < -0.3 is 35.2 Å². The minimum absolute atomic E-state index is 0.142. The monoisotopic (exact) mass is 1110 g/mol. The summed E-state index contributed by atoms with van der Waals surface area (Å²) in [6.07, 6.45) is 2.02. The summed E-state index contributed by atoms with van der Waals surface area (Å²) in [4.78, 5) is 76.4. The second-order valence-corrected chi connectivity index (χ2v) is 25.4. The van der Waals surface area contributed by atoms with Crippen molar-refractivity contribution in [1.29, 1.82) is 5.26 Å². The minimum atomic E-state index is -0.787. The van der Waals surface area contributed by atoms with E-state index in [1.54, 1.807) is 40.6 Å². The molecule has 19 heteroatoms. The van der Waals surface area contributed by atoms with E-state index in [-0.39, 0.29) is 65.1 Å². The van der Waals surface area contributed by atoms with Gasteiger partial charge in [0.05, 0.1) is 58.0 Å². The molecule has 4 aromatic rings. The first-order chi connectivity index (χ1) is 37.0. The summed E-state index contributed by atoms with van der Waals surface area (Å²) < 4.78 is 12.5. The van der Waals surface area contributed by atoms with Gasteiger partial charge in [0.25, 0.3) is 5.91 Å². The Balaban J connectivity index is 0.702. The lowest BCUT2D eigenvalue weighted by molar-refractivity contribution is -0.164. The number of aromatic nitrogens is 2. The number of nitrogens with zero attached hydrogens (tertiary/aromatic N) is 8. The number of nitrogens with one attached hydrogen (secondary N) is 3. The van der Waals surface area contributed by atoms with E-state index in [1.165, 1.54) is 0 Å². The summed E-state index contributed by atoms with van der Waals surface area (Å²) in [5, 5.41) is 19.1. The van der Waals surface area contributed by atoms with Gasteiger partial charge in [0.1, 0.15) is 35.8 Å². The largest absolute Gasteiger partial charge is 0.489 e. The molecule has 4 aliphatic rings. The Labute approximate surface area is 470 Å². The van der Waals surface area contributed by atoms with E-state index in [0.717, 1.165) is 93.0 Å². The van der Waals surface area contributed by atoms with Crippen LogP contribution < -0.4 is 25.6 Å². The number of anilines is 1. The van der Waals surface area contributed by atoms with Crippen LogP contribution in [-0.4, -0.2) is 169 Å². The zero-order chi connectivity index (χ0) is 56.1. The highest BCUT2D eigenvalue weighted by molar-refractivity contribution is 7.13. The van der Waals surface area contributed by atoms with Gasteiger partial charge in [-0.05, 0) is 67.0 Å². The Morgan fingerprint density at radius 3 is 2.09 bits per heavy atom. The molecule has 2 aromatic heterocycles. The molecule has 4 atom stereocenters. The second-order valence-electron chi connectivity index (χ2n) is 24.1. The quantitative estimate of drug-likeness (QED) is 0.0812. The molecule has 1 saturated carbocycles. The van der Waals surface area contributed by atoms with Crippen molar-refractivity contribution in [3.8, 4) is 22.3 Å². The summed E-state index contributed by atoms with van der Waals surface area (Å²) in [5.74, 6) is 0.812. The number of aryl methyl sites for hydroxylation is 1. The number of benzene rings is 2. The topological polar surface area (TPSA) is 189 Å². The molecule has 8 rings (SSSR count). The lowest BCUT2D eigenvalue weighted by atomic mass is 9.49. The number of likely N-dealkylation sites (tertiary alicyclic amines) is 1. The summed E-state index contributed by atoms with van der Waals surface area (Å²) in [6.45, 7) is 30.4. The van der Waals surface area contributed by atoms with Crippen LogP contribution in [0, 0.1) is 40.4 Å². The molecule has 0 bridgehead atoms. The average Bonchev–Trinajstić information content (AvgIpc) is 4.06. The molecular formula is C59H80ClN11O6S. The molecule has 5 heterocycles. The number of nitriles is 1. The zero-order valence-electron chi connectivity index (χ0n) is 47.2. The van der Waals surface area contributed by atoms with Crippen LogP contribution in [0.25, 0.3) is 10.4 Å². The van der Waals surface area contributed by atoms with E-state index in [1.807, 2.05) is 64.4 Å². The van der Waals surface area contributed by atoms with Crippen molar-refractivity contribution in [3.63, 3.8) is 0 Å². The molecule has 4 fully saturated rings. The Kier molecular flexibility index (Phi) is 18.6. The number of halogens is 1. The third-order valence-corrected chi connectivity index (χ3v) is 17.7. The maximum atomic E-state index is 14.4. The van der Waals surface area contributed by atoms with Gasteiger partial charge in [-0.25, -0.2) is 9.97 Å². The van der Waals surface area contributed by atoms with E-state index < -0.39 is 17.5 Å². The van der Waals surface area contributed by atoms with E-state index in [9.17, 15) is 24.4 Å². The van der Waals surface area contributed by atoms with Crippen LogP contribution >= 0.6 is 22.9 Å². The summed E-state index contributed by atoms with van der Waals surface area (Å²) in [5.41, 5.74) is 4.49. The minimum Gasteiger partial charge on any atom is -0.489 e. The molecule has 78 heavy (non-hydrogen) atoms. The zero-order valence-corrected chi connectivity index (χ0v) is 48.8. The highest BCUT2D eigenvalue weighted by Gasteiger charge is 2.64. The van der Waals surface area contributed by atoms with Crippen molar-refractivity contribution in [2.75, 3.05) is 96.7 Å². The molecule has 3 aliphatic heterocycles. The number of carbonyl (C=O) groups excluding carboxylic acids is 4. The van der Waals surface area contributed by atoms with E-state index in [2.05, 4.69) is 93.4 Å². The lowest BCUT2D eigenvalue weighted by Gasteiger charge is -2.63. The van der Waals surface area contributed by atoms with Gasteiger partial charge in [0.15, 0.2) is 0 Å². The smallest absolute Gasteiger partial charge is 0.253 e. The summed E-state index contributed by atoms with van der Waals surface area (Å²) in [6, 6.07) is 17.3. The van der Waals surface area contributed by atoms with Crippen molar-refractivity contribution in [1.82, 2.24) is 45.5 Å². The second kappa shape index (κ2) is 24.8. The molecule has 1 aliphatic carbocycles. The van der Waals surface area contributed by atoms with E-state index >= 15 is 0 Å². The number of ether oxygens (including phenoxy) is 2. The van der Waals surface area contributed by atoms with Crippen LogP contribution in [-0.2, 0) is 19.1 Å². The Morgan fingerprint density at radius 1 is 0.872 bits per heavy atom. The highest BCUT2D eigenvalue weighted by Crippen LogP contribution is 2.55. The Bertz CT molecular complexity index is 2760. The van der Waals surface area contributed by atoms with Crippen molar-refractivity contribution in [2.24, 2.45) is 22.2 Å². The van der Waals surface area contributed by atoms with Crippen molar-refractivity contribution in [3.05, 3.63) is 93.7 Å². The third-order valence-electron chi connectivity index (χ3n) is 16.4. The van der Waals surface area contributed by atoms with Gasteiger partial charge in [-0.2, -0.15) is 5.26 Å². The maximum Gasteiger partial charge on any atom is 0.253 e. The first kappa shape index (κ1) is 58.5. The first-order valence-corrected chi connectivity index (χ1v) is 28.8. The van der Waals surface area contributed by atoms with Gasteiger partial charge in [0, 0.05) is 101 Å². The fourth-order valence-corrected chi connectivity index (χ4v) is 13.1. The number of thiazole rings is 1. The number of amides is 4. The molecule has 4 amide bonds. The summed E-state index contributed by atoms with van der Waals surface area (Å²) >= 11 is 7.88. The number of hydrogen-bond acceptors (Lipinski definition) is 14. The molecule has 420 valence electrons. The van der Waals surface area contributed by atoms with Gasteiger partial charge >= 0.3 is 0 Å². The predicted octanol–water partition coefficient (Wildman–Crippen LogP) is 7.05. The van der Waals surface area contributed by atoms with Crippen LogP contribution in [0.2, 0.25) is 5.02 Å². The number of pyridine rings is 1. The molecule has 3 saturated heterocycles. The average molecular weight is 1110 g/mol. The standard InChI is InChI=1S/C59H80ClN11O6S/c1-38-31-47(53(74)64-39(2)41-11-13-42(14-12-41)50-40(3)63-37-78-50)71(35-38)54(75)51(57(4,5)6)65-49(72)36-69-21-19-67(20-22-69)27-29-76-30-28-68-23-25-70(26-24-68)48-18-16-44(34-62-48)52(73)66-55-58(7,8)56(59(55,9)10)77-45-17-15-43(33-61)46(60)32-45/h11-18,32,34,37-39,47,51,55-56H,19-31,35-36H2,1-10H3,(H,64,74)(H,65,72)(H,66,73)/t38-,39+,47?,51-,55?,56?/m1/s1. The van der Waals surface area contributed by atoms with Crippen LogP contribution in [0.15, 0.2) is 66.3 Å². The van der Waals surface area contributed by atoms with Crippen molar-refractivity contribution < 1.29 is 28.7 Å². The fraction of sp³-hybridized carbons (Fsp3) is 0.576. The predicted molar refractivity (Wildman–Crippen MR) is 306 cm³/mol. The normalized spacial score (nSPS) is 22.4. The molecule has 1 unspecified atom stereocenters. The molecule has 0 radical (unpaired) electrons. The number of hydrogen-bond donors (Lipinski definition) is 3. The van der Waals surface area contributed by atoms with Gasteiger partial charge in [-0.3, -0.25) is 33.9 Å². The molecular weight excluding hydrogens is 1030 g/mol. The van der Waals surface area contributed by atoms with Crippen molar-refractivity contribution >= 4 is 52.4 Å². The highest BCUT2D eigenvalue weighted by atomic mass is 35.5. The maximum absolute atomic E-state index is 14.4. The lowest BCUT2D eigenvalue weighted by Crippen LogP contribution is -2.74. The van der Waals surface area contributed by atoms with Gasteiger partial charge in [0.2, 0.25) is 17.7 Å². The molecule has 0 spiro atoms. The van der Waals surface area contributed by atoms with Gasteiger partial charge in [-0.15, -0.1) is 11.3 Å². The van der Waals surface area contributed by atoms with Crippen LogP contribution in [0.3, 0.4) is 0 Å². The Morgan fingerprint density at radius 2 is 1.51 bits per heavy atom. The van der Waals surface area contributed by atoms with Crippen LogP contribution in [0.1, 0.15) is 102 Å². The molecule has 17 nitrogen and oxygen atoms in total. The SMILES string of the molecule is Cc1ncsc1-c1ccc([C@H](C)NC(=O)C2C[C@@H](C)CN2C(=O)[C@@H](NC(=O)CN2CCN(CCOCCN3CCN(c4ccc(C(=O)NC5C(C)(C)C(Oc6ccc(C#N)c(Cl)c6)C5(C)C)cn4)CC3)CC2)C(C)(C)C)cc1. The van der Waals surface area contributed by atoms with Crippen LogP contribution in [0.4, 0.5) is 5.82 Å².